The quantitative estimate of drug-likeness (QED) is 0.658. The van der Waals surface area contributed by atoms with Crippen molar-refractivity contribution in [2.24, 2.45) is 5.92 Å². The summed E-state index contributed by atoms with van der Waals surface area (Å²) >= 11 is 0. The van der Waals surface area contributed by atoms with Crippen LogP contribution in [-0.4, -0.2) is 38.3 Å². The van der Waals surface area contributed by atoms with E-state index in [0.29, 0.717) is 57.4 Å². The minimum atomic E-state index is -4.55. The summed E-state index contributed by atoms with van der Waals surface area (Å²) < 4.78 is 58.7. The van der Waals surface area contributed by atoms with Crippen molar-refractivity contribution in [3.63, 3.8) is 0 Å². The van der Waals surface area contributed by atoms with Crippen LogP contribution in [0.4, 0.5) is 17.6 Å². The van der Waals surface area contributed by atoms with Crippen LogP contribution in [0.25, 0.3) is 0 Å². The van der Waals surface area contributed by atoms with E-state index in [1.54, 1.807) is 7.05 Å². The number of rotatable bonds is 6. The molecule has 0 bridgehead atoms. The number of carbonyl (C=O) groups is 1. The van der Waals surface area contributed by atoms with E-state index in [-0.39, 0.29) is 17.4 Å². The van der Waals surface area contributed by atoms with E-state index in [4.69, 9.17) is 4.74 Å². The molecule has 30 heavy (non-hydrogen) atoms. The van der Waals surface area contributed by atoms with E-state index >= 15 is 0 Å². The second-order valence-electron chi connectivity index (χ2n) is 8.44. The van der Waals surface area contributed by atoms with Crippen LogP contribution < -0.4 is 10.6 Å². The SMILES string of the molecule is CNC(=O)C1(NCC[C@H]2CC[C@@H](c3ccc(F)cc3C(F)(F)F)CC2)CCOCC1. The summed E-state index contributed by atoms with van der Waals surface area (Å²) in [7, 11) is 1.63. The van der Waals surface area contributed by atoms with Crippen molar-refractivity contribution < 1.29 is 27.1 Å². The van der Waals surface area contributed by atoms with E-state index in [1.807, 2.05) is 0 Å². The molecule has 2 N–H and O–H groups in total. The Kier molecular flexibility index (Phi) is 7.39. The first-order chi connectivity index (χ1) is 14.2. The van der Waals surface area contributed by atoms with Gasteiger partial charge >= 0.3 is 6.18 Å². The van der Waals surface area contributed by atoms with E-state index in [0.717, 1.165) is 25.3 Å². The maximum atomic E-state index is 13.4. The van der Waals surface area contributed by atoms with Crippen molar-refractivity contribution in [1.82, 2.24) is 10.6 Å². The fourth-order valence-electron chi connectivity index (χ4n) is 4.85. The molecule has 2 aliphatic rings. The molecule has 0 aromatic heterocycles. The van der Waals surface area contributed by atoms with Gasteiger partial charge in [-0.1, -0.05) is 6.07 Å². The standard InChI is InChI=1S/C22H30F4N2O2/c1-27-20(29)21(9-12-30-13-10-21)28-11-8-15-2-4-16(5-3-15)18-7-6-17(23)14-19(18)22(24,25)26/h6-7,14-16,28H,2-5,8-13H2,1H3,(H,27,29)/t15-,16+. The van der Waals surface area contributed by atoms with E-state index in [9.17, 15) is 22.4 Å². The Morgan fingerprint density at radius 1 is 1.17 bits per heavy atom. The molecule has 1 aromatic rings. The summed E-state index contributed by atoms with van der Waals surface area (Å²) in [6.07, 6.45) is 0.572. The number of amides is 1. The van der Waals surface area contributed by atoms with Gasteiger partial charge in [0.1, 0.15) is 11.4 Å². The van der Waals surface area contributed by atoms with Gasteiger partial charge in [0.25, 0.3) is 0 Å². The lowest BCUT2D eigenvalue weighted by Gasteiger charge is -2.37. The number of hydrogen-bond donors (Lipinski definition) is 2. The van der Waals surface area contributed by atoms with Crippen LogP contribution >= 0.6 is 0 Å². The molecule has 0 atom stereocenters. The van der Waals surface area contributed by atoms with Gasteiger partial charge in [-0.05, 0) is 81.0 Å². The lowest BCUT2D eigenvalue weighted by Crippen LogP contribution is -2.59. The first-order valence-electron chi connectivity index (χ1n) is 10.7. The molecular formula is C22H30F4N2O2. The molecule has 0 radical (unpaired) electrons. The highest BCUT2D eigenvalue weighted by Gasteiger charge is 2.39. The van der Waals surface area contributed by atoms with Gasteiger partial charge in [0, 0.05) is 20.3 Å². The summed E-state index contributed by atoms with van der Waals surface area (Å²) in [5.41, 5.74) is -1.24. The molecule has 2 fully saturated rings. The number of carbonyl (C=O) groups excluding carboxylic acids is 1. The maximum Gasteiger partial charge on any atom is 0.416 e. The minimum Gasteiger partial charge on any atom is -0.381 e. The predicted molar refractivity (Wildman–Crippen MR) is 106 cm³/mol. The molecule has 1 aromatic carbocycles. The van der Waals surface area contributed by atoms with E-state index in [1.165, 1.54) is 6.07 Å². The number of ether oxygens (including phenoxy) is 1. The second-order valence-corrected chi connectivity index (χ2v) is 8.44. The molecule has 0 spiro atoms. The fourth-order valence-corrected chi connectivity index (χ4v) is 4.85. The van der Waals surface area contributed by atoms with Crippen molar-refractivity contribution >= 4 is 5.91 Å². The van der Waals surface area contributed by atoms with Crippen LogP contribution in [0.1, 0.15) is 62.0 Å². The van der Waals surface area contributed by atoms with Crippen molar-refractivity contribution in [3.8, 4) is 0 Å². The Morgan fingerprint density at radius 2 is 1.83 bits per heavy atom. The van der Waals surface area contributed by atoms with Gasteiger partial charge in [0.15, 0.2) is 0 Å². The van der Waals surface area contributed by atoms with Crippen LogP contribution in [-0.2, 0) is 15.7 Å². The van der Waals surface area contributed by atoms with E-state index < -0.39 is 23.1 Å². The van der Waals surface area contributed by atoms with E-state index in [2.05, 4.69) is 10.6 Å². The number of likely N-dealkylation sites (N-methyl/N-ethyl adjacent to an activating group) is 1. The normalized spacial score (nSPS) is 24.4. The fraction of sp³-hybridized carbons (Fsp3) is 0.682. The Morgan fingerprint density at radius 3 is 2.43 bits per heavy atom. The zero-order valence-corrected chi connectivity index (χ0v) is 17.3. The molecule has 168 valence electrons. The van der Waals surface area contributed by atoms with Gasteiger partial charge in [-0.15, -0.1) is 0 Å². The Balaban J connectivity index is 1.54. The average Bonchev–Trinajstić information content (AvgIpc) is 2.74. The zero-order valence-electron chi connectivity index (χ0n) is 17.3. The summed E-state index contributed by atoms with van der Waals surface area (Å²) in [6, 6.07) is 3.02. The number of alkyl halides is 3. The van der Waals surface area contributed by atoms with Gasteiger partial charge in [0.05, 0.1) is 5.56 Å². The van der Waals surface area contributed by atoms with Gasteiger partial charge in [0.2, 0.25) is 5.91 Å². The molecule has 3 rings (SSSR count). The van der Waals surface area contributed by atoms with Gasteiger partial charge in [-0.25, -0.2) is 4.39 Å². The van der Waals surface area contributed by atoms with Crippen molar-refractivity contribution in [2.45, 2.75) is 62.6 Å². The minimum absolute atomic E-state index is 0.0227. The second kappa shape index (κ2) is 9.64. The molecule has 1 amide bonds. The summed E-state index contributed by atoms with van der Waals surface area (Å²) in [4.78, 5) is 12.4. The summed E-state index contributed by atoms with van der Waals surface area (Å²) in [5, 5.41) is 6.16. The van der Waals surface area contributed by atoms with Crippen LogP contribution in [0.15, 0.2) is 18.2 Å². The highest BCUT2D eigenvalue weighted by molar-refractivity contribution is 5.86. The molecule has 0 unspecified atom stereocenters. The zero-order chi connectivity index (χ0) is 21.8. The Hall–Kier alpha value is -1.67. The molecule has 1 saturated carbocycles. The van der Waals surface area contributed by atoms with Gasteiger partial charge in [-0.2, -0.15) is 13.2 Å². The van der Waals surface area contributed by atoms with Crippen molar-refractivity contribution in [2.75, 3.05) is 26.8 Å². The Bertz CT molecular complexity index is 724. The third-order valence-electron chi connectivity index (χ3n) is 6.63. The van der Waals surface area contributed by atoms with Gasteiger partial charge in [-0.3, -0.25) is 4.79 Å². The van der Waals surface area contributed by atoms with Crippen LogP contribution in [0.5, 0.6) is 0 Å². The molecular weight excluding hydrogens is 400 g/mol. The number of hydrogen-bond acceptors (Lipinski definition) is 3. The molecule has 1 saturated heterocycles. The maximum absolute atomic E-state index is 13.4. The first-order valence-corrected chi connectivity index (χ1v) is 10.7. The summed E-state index contributed by atoms with van der Waals surface area (Å²) in [6.45, 7) is 1.78. The monoisotopic (exact) mass is 430 g/mol. The lowest BCUT2D eigenvalue weighted by molar-refractivity contribution is -0.138. The third-order valence-corrected chi connectivity index (χ3v) is 6.63. The first kappa shape index (κ1) is 23.0. The lowest BCUT2D eigenvalue weighted by atomic mass is 9.76. The largest absolute Gasteiger partial charge is 0.416 e. The molecule has 1 heterocycles. The average molecular weight is 430 g/mol. The highest BCUT2D eigenvalue weighted by atomic mass is 19.4. The van der Waals surface area contributed by atoms with Crippen LogP contribution in [0.2, 0.25) is 0 Å². The molecule has 1 aliphatic heterocycles. The van der Waals surface area contributed by atoms with Crippen LogP contribution in [0.3, 0.4) is 0 Å². The van der Waals surface area contributed by atoms with Crippen LogP contribution in [0, 0.1) is 11.7 Å². The molecule has 1 aliphatic carbocycles. The molecule has 4 nitrogen and oxygen atoms in total. The number of benzene rings is 1. The van der Waals surface area contributed by atoms with Gasteiger partial charge < -0.3 is 15.4 Å². The molecule has 8 heteroatoms. The number of nitrogens with one attached hydrogen (secondary N) is 2. The summed E-state index contributed by atoms with van der Waals surface area (Å²) in [5.74, 6) is -0.668. The third kappa shape index (κ3) is 5.32. The topological polar surface area (TPSA) is 50.4 Å². The predicted octanol–water partition coefficient (Wildman–Crippen LogP) is 4.39. The van der Waals surface area contributed by atoms with Crippen molar-refractivity contribution in [1.29, 1.82) is 0 Å². The smallest absolute Gasteiger partial charge is 0.381 e. The Labute approximate surface area is 174 Å². The number of halogens is 4. The highest BCUT2D eigenvalue weighted by Crippen LogP contribution is 2.42. The van der Waals surface area contributed by atoms with Crippen molar-refractivity contribution in [3.05, 3.63) is 35.1 Å².